The highest BCUT2D eigenvalue weighted by atomic mass is 19.2. The van der Waals surface area contributed by atoms with Gasteiger partial charge in [-0.3, -0.25) is 0 Å². The monoisotopic (exact) mass is 526 g/mol. The summed E-state index contributed by atoms with van der Waals surface area (Å²) in [5.41, 5.74) is -1.57. The lowest BCUT2D eigenvalue weighted by Crippen LogP contribution is -2.30. The van der Waals surface area contributed by atoms with Gasteiger partial charge in [0, 0.05) is 23.7 Å². The number of benzene rings is 3. The lowest BCUT2D eigenvalue weighted by Gasteiger charge is -2.29. The van der Waals surface area contributed by atoms with Crippen LogP contribution in [0.5, 0.6) is 5.75 Å². The van der Waals surface area contributed by atoms with Gasteiger partial charge in [0.15, 0.2) is 29.6 Å². The van der Waals surface area contributed by atoms with Crippen molar-refractivity contribution in [3.8, 4) is 16.9 Å². The van der Waals surface area contributed by atoms with E-state index < -0.39 is 58.3 Å². The summed E-state index contributed by atoms with van der Waals surface area (Å²) < 4.78 is 105. The minimum Gasteiger partial charge on any atom is -0.423 e. The third kappa shape index (κ3) is 5.79. The number of hydrogen-bond acceptors (Lipinski definition) is 5. The molecule has 3 aromatic rings. The molecule has 1 saturated heterocycles. The van der Waals surface area contributed by atoms with Crippen molar-refractivity contribution in [3.05, 3.63) is 88.5 Å². The van der Waals surface area contributed by atoms with Gasteiger partial charge in [0.25, 0.3) is 0 Å². The number of hydrogen-bond donors (Lipinski definition) is 0. The Morgan fingerprint density at radius 1 is 0.865 bits per heavy atom. The zero-order chi connectivity index (χ0) is 26.7. The lowest BCUT2D eigenvalue weighted by atomic mass is 10.0. The molecule has 5 nitrogen and oxygen atoms in total. The van der Waals surface area contributed by atoms with Crippen molar-refractivity contribution in [3.63, 3.8) is 0 Å². The summed E-state index contributed by atoms with van der Waals surface area (Å²) in [4.78, 5) is 12.4. The van der Waals surface area contributed by atoms with Gasteiger partial charge in [0.05, 0.1) is 19.8 Å². The van der Waals surface area contributed by atoms with Gasteiger partial charge in [-0.25, -0.2) is 31.1 Å². The summed E-state index contributed by atoms with van der Waals surface area (Å²) in [7, 11) is 0. The van der Waals surface area contributed by atoms with E-state index in [4.69, 9.17) is 18.9 Å². The fourth-order valence-corrected chi connectivity index (χ4v) is 3.68. The molecule has 0 amide bonds. The summed E-state index contributed by atoms with van der Waals surface area (Å²) in [6, 6.07) is 6.75. The minimum atomic E-state index is -1.98. The maximum absolute atomic E-state index is 14.7. The Balaban J connectivity index is 1.46. The van der Waals surface area contributed by atoms with Crippen LogP contribution >= 0.6 is 0 Å². The Morgan fingerprint density at radius 3 is 2.08 bits per heavy atom. The summed E-state index contributed by atoms with van der Waals surface area (Å²) in [5, 5.41) is 0. The second-order valence-electron chi connectivity index (χ2n) is 8.15. The van der Waals surface area contributed by atoms with E-state index in [0.717, 1.165) is 36.4 Å². The SMILES string of the molecule is CCOCC1COC(c2cc(F)c(C(=O)Oc3ccc(-c4cc(F)c(F)c(F)c4F)cc3)c(F)c2)OC1. The van der Waals surface area contributed by atoms with Crippen LogP contribution in [0.1, 0.15) is 29.1 Å². The molecule has 0 aromatic heterocycles. The average Bonchev–Trinajstić information content (AvgIpc) is 2.88. The number of halogens is 6. The van der Waals surface area contributed by atoms with Gasteiger partial charge in [-0.05, 0) is 42.8 Å². The maximum Gasteiger partial charge on any atom is 0.349 e. The molecule has 0 N–H and O–H groups in total. The molecule has 37 heavy (non-hydrogen) atoms. The third-order valence-electron chi connectivity index (χ3n) is 5.54. The van der Waals surface area contributed by atoms with E-state index in [1.54, 1.807) is 0 Å². The normalized spacial score (nSPS) is 17.6. The molecule has 0 atom stereocenters. The van der Waals surface area contributed by atoms with Crippen molar-refractivity contribution in [1.29, 1.82) is 0 Å². The summed E-state index contributed by atoms with van der Waals surface area (Å²) >= 11 is 0. The van der Waals surface area contributed by atoms with Gasteiger partial charge in [-0.1, -0.05) is 12.1 Å². The molecule has 0 aliphatic carbocycles. The summed E-state index contributed by atoms with van der Waals surface area (Å²) in [5.74, 6) is -11.1. The van der Waals surface area contributed by atoms with E-state index in [9.17, 15) is 31.1 Å². The van der Waals surface area contributed by atoms with Crippen LogP contribution in [0, 0.1) is 40.8 Å². The van der Waals surface area contributed by atoms with E-state index in [-0.39, 0.29) is 36.0 Å². The maximum atomic E-state index is 14.7. The molecule has 1 aliphatic heterocycles. The van der Waals surface area contributed by atoms with Crippen LogP contribution < -0.4 is 4.74 Å². The van der Waals surface area contributed by atoms with Crippen molar-refractivity contribution in [1.82, 2.24) is 0 Å². The zero-order valence-corrected chi connectivity index (χ0v) is 19.3. The van der Waals surface area contributed by atoms with Gasteiger partial charge in [0.2, 0.25) is 0 Å². The highest BCUT2D eigenvalue weighted by molar-refractivity contribution is 5.91. The van der Waals surface area contributed by atoms with Crippen molar-refractivity contribution >= 4 is 5.97 Å². The van der Waals surface area contributed by atoms with Crippen LogP contribution in [-0.2, 0) is 14.2 Å². The molecule has 1 heterocycles. The fourth-order valence-electron chi connectivity index (χ4n) is 3.68. The standard InChI is InChI=1S/C26H20F6O5/c1-2-34-10-13-11-35-26(36-12-13)15-7-18(27)21(19(28)8-15)25(33)37-16-5-3-14(4-6-16)17-9-20(29)23(31)24(32)22(17)30/h3-9,13,26H,2,10-12H2,1H3. The predicted octanol–water partition coefficient (Wildman–Crippen LogP) is 6.11. The predicted molar refractivity (Wildman–Crippen MR) is 118 cm³/mol. The van der Waals surface area contributed by atoms with Crippen LogP contribution in [0.2, 0.25) is 0 Å². The number of carbonyl (C=O) groups excluding carboxylic acids is 1. The Morgan fingerprint density at radius 2 is 1.49 bits per heavy atom. The quantitative estimate of drug-likeness (QED) is 0.122. The molecule has 0 saturated carbocycles. The molecule has 11 heteroatoms. The van der Waals surface area contributed by atoms with Crippen LogP contribution in [0.3, 0.4) is 0 Å². The smallest absolute Gasteiger partial charge is 0.349 e. The molecule has 4 rings (SSSR count). The first kappa shape index (κ1) is 26.6. The minimum absolute atomic E-state index is 0.0240. The number of esters is 1. The molecule has 0 bridgehead atoms. The van der Waals surface area contributed by atoms with Gasteiger partial charge >= 0.3 is 5.97 Å². The number of rotatable bonds is 7. The Bertz CT molecular complexity index is 1270. The Labute approximate surface area is 207 Å². The average molecular weight is 526 g/mol. The topological polar surface area (TPSA) is 54.0 Å². The van der Waals surface area contributed by atoms with Gasteiger partial charge < -0.3 is 18.9 Å². The molecule has 3 aromatic carbocycles. The first-order valence-electron chi connectivity index (χ1n) is 11.1. The molecule has 1 aliphatic rings. The first-order chi connectivity index (χ1) is 17.7. The van der Waals surface area contributed by atoms with E-state index in [2.05, 4.69) is 0 Å². The number of ether oxygens (including phenoxy) is 4. The van der Waals surface area contributed by atoms with E-state index in [1.807, 2.05) is 6.92 Å². The van der Waals surface area contributed by atoms with Gasteiger partial charge in [-0.2, -0.15) is 0 Å². The molecular formula is C26H20F6O5. The van der Waals surface area contributed by atoms with Crippen LogP contribution in [0.15, 0.2) is 42.5 Å². The van der Waals surface area contributed by atoms with Crippen molar-refractivity contribution in [2.75, 3.05) is 26.4 Å². The molecule has 0 spiro atoms. The zero-order valence-electron chi connectivity index (χ0n) is 19.3. The highest BCUT2D eigenvalue weighted by Crippen LogP contribution is 2.31. The van der Waals surface area contributed by atoms with E-state index in [1.165, 1.54) is 0 Å². The highest BCUT2D eigenvalue weighted by Gasteiger charge is 2.28. The molecular weight excluding hydrogens is 506 g/mol. The molecule has 196 valence electrons. The number of carbonyl (C=O) groups is 1. The largest absolute Gasteiger partial charge is 0.423 e. The van der Waals surface area contributed by atoms with Crippen molar-refractivity contribution in [2.45, 2.75) is 13.2 Å². The van der Waals surface area contributed by atoms with Crippen molar-refractivity contribution < 1.29 is 50.1 Å². The first-order valence-corrected chi connectivity index (χ1v) is 11.1. The second-order valence-corrected chi connectivity index (χ2v) is 8.15. The summed E-state index contributed by atoms with van der Waals surface area (Å²) in [6.45, 7) is 3.32. The van der Waals surface area contributed by atoms with Gasteiger partial charge in [-0.15, -0.1) is 0 Å². The molecule has 0 radical (unpaired) electrons. The third-order valence-corrected chi connectivity index (χ3v) is 5.54. The van der Waals surface area contributed by atoms with E-state index in [0.29, 0.717) is 19.3 Å². The van der Waals surface area contributed by atoms with Crippen LogP contribution in [-0.4, -0.2) is 32.4 Å². The Kier molecular flexibility index (Phi) is 8.16. The van der Waals surface area contributed by atoms with Crippen LogP contribution in [0.25, 0.3) is 11.1 Å². The molecule has 0 unspecified atom stereocenters. The van der Waals surface area contributed by atoms with Crippen LogP contribution in [0.4, 0.5) is 26.3 Å². The fraction of sp³-hybridized carbons (Fsp3) is 0.269. The van der Waals surface area contributed by atoms with Crippen molar-refractivity contribution in [2.24, 2.45) is 5.92 Å². The molecule has 1 fully saturated rings. The van der Waals surface area contributed by atoms with E-state index >= 15 is 0 Å². The second kappa shape index (κ2) is 11.3. The summed E-state index contributed by atoms with van der Waals surface area (Å²) in [6.07, 6.45) is -1.03. The Hall–Kier alpha value is -3.41. The lowest BCUT2D eigenvalue weighted by molar-refractivity contribution is -0.212. The van der Waals surface area contributed by atoms with Gasteiger partial charge in [0.1, 0.15) is 22.9 Å².